The van der Waals surface area contributed by atoms with Crippen LogP contribution in [0.15, 0.2) is 23.1 Å². The molecule has 0 spiro atoms. The van der Waals surface area contributed by atoms with Gasteiger partial charge in [0.05, 0.1) is 6.54 Å². The molecule has 0 bridgehead atoms. The first-order valence-electron chi connectivity index (χ1n) is 5.41. The first-order valence-corrected chi connectivity index (χ1v) is 5.41. The van der Waals surface area contributed by atoms with E-state index in [1.165, 1.54) is 18.3 Å². The van der Waals surface area contributed by atoms with Crippen molar-refractivity contribution in [2.24, 2.45) is 0 Å². The first kappa shape index (κ1) is 11.4. The van der Waals surface area contributed by atoms with Gasteiger partial charge in [-0.15, -0.1) is 0 Å². The number of carbonyl (C=O) groups is 2. The van der Waals surface area contributed by atoms with Crippen molar-refractivity contribution in [2.45, 2.75) is 18.9 Å². The summed E-state index contributed by atoms with van der Waals surface area (Å²) in [7, 11) is 0. The smallest absolute Gasteiger partial charge is 0.251 e. The first-order chi connectivity index (χ1) is 8.15. The van der Waals surface area contributed by atoms with Crippen LogP contribution < -0.4 is 16.2 Å². The fourth-order valence-corrected chi connectivity index (χ4v) is 1.35. The minimum Gasteiger partial charge on any atom is -0.352 e. The van der Waals surface area contributed by atoms with E-state index in [1.807, 2.05) is 0 Å². The van der Waals surface area contributed by atoms with Crippen LogP contribution in [0.4, 0.5) is 0 Å². The van der Waals surface area contributed by atoms with Gasteiger partial charge >= 0.3 is 0 Å². The largest absolute Gasteiger partial charge is 0.352 e. The van der Waals surface area contributed by atoms with Gasteiger partial charge in [0.15, 0.2) is 0 Å². The van der Waals surface area contributed by atoms with E-state index in [0.717, 1.165) is 12.8 Å². The standard InChI is InChI=1S/C11H13N3O3/c15-9-5-7(3-4-12-9)11(17)13-6-10(16)14-8-1-2-8/h3-5,8H,1-2,6H2,(H,12,15)(H,13,17)(H,14,16). The molecule has 2 rings (SSSR count). The fraction of sp³-hybridized carbons (Fsp3) is 0.364. The van der Waals surface area contributed by atoms with E-state index in [4.69, 9.17) is 0 Å². The number of aromatic amines is 1. The maximum atomic E-state index is 11.6. The SMILES string of the molecule is O=C(CNC(=O)c1cc[nH]c(=O)c1)NC1CC1. The molecule has 0 saturated heterocycles. The molecule has 2 amide bonds. The highest BCUT2D eigenvalue weighted by molar-refractivity contribution is 5.96. The van der Waals surface area contributed by atoms with Gasteiger partial charge in [-0.2, -0.15) is 0 Å². The van der Waals surface area contributed by atoms with Gasteiger partial charge in [0.25, 0.3) is 5.91 Å². The second kappa shape index (κ2) is 4.82. The summed E-state index contributed by atoms with van der Waals surface area (Å²) in [5, 5.41) is 5.21. The van der Waals surface area contributed by atoms with Gasteiger partial charge in [-0.1, -0.05) is 0 Å². The van der Waals surface area contributed by atoms with Crippen LogP contribution in [0.3, 0.4) is 0 Å². The van der Waals surface area contributed by atoms with Crippen LogP contribution in [0.5, 0.6) is 0 Å². The number of carbonyl (C=O) groups excluding carboxylic acids is 2. The number of H-pyrrole nitrogens is 1. The van der Waals surface area contributed by atoms with Crippen LogP contribution in [0.1, 0.15) is 23.2 Å². The molecular formula is C11H13N3O3. The zero-order chi connectivity index (χ0) is 12.3. The number of amides is 2. The number of rotatable bonds is 4. The number of nitrogens with one attached hydrogen (secondary N) is 3. The lowest BCUT2D eigenvalue weighted by Crippen LogP contribution is -2.38. The van der Waals surface area contributed by atoms with Crippen molar-refractivity contribution >= 4 is 11.8 Å². The molecule has 1 saturated carbocycles. The summed E-state index contributed by atoms with van der Waals surface area (Å²) < 4.78 is 0. The normalized spacial score (nSPS) is 14.1. The predicted octanol–water partition coefficient (Wildman–Crippen LogP) is -0.617. The molecule has 1 heterocycles. The Morgan fingerprint density at radius 3 is 2.82 bits per heavy atom. The molecule has 6 nitrogen and oxygen atoms in total. The Labute approximate surface area is 97.4 Å². The third kappa shape index (κ3) is 3.44. The highest BCUT2D eigenvalue weighted by atomic mass is 16.2. The topological polar surface area (TPSA) is 91.1 Å². The van der Waals surface area contributed by atoms with Gasteiger partial charge in [0, 0.05) is 23.9 Å². The molecular weight excluding hydrogens is 222 g/mol. The molecule has 17 heavy (non-hydrogen) atoms. The summed E-state index contributed by atoms with van der Waals surface area (Å²) in [4.78, 5) is 36.2. The van der Waals surface area contributed by atoms with E-state index in [-0.39, 0.29) is 29.6 Å². The molecule has 1 aromatic heterocycles. The zero-order valence-corrected chi connectivity index (χ0v) is 9.16. The Balaban J connectivity index is 1.84. The number of aromatic nitrogens is 1. The molecule has 90 valence electrons. The van der Waals surface area contributed by atoms with Crippen molar-refractivity contribution in [2.75, 3.05) is 6.54 Å². The quantitative estimate of drug-likeness (QED) is 0.649. The molecule has 1 fully saturated rings. The molecule has 0 unspecified atom stereocenters. The van der Waals surface area contributed by atoms with Crippen molar-refractivity contribution in [1.82, 2.24) is 15.6 Å². The van der Waals surface area contributed by atoms with Crippen molar-refractivity contribution in [3.05, 3.63) is 34.2 Å². The van der Waals surface area contributed by atoms with E-state index in [2.05, 4.69) is 15.6 Å². The van der Waals surface area contributed by atoms with Gasteiger partial charge in [0.1, 0.15) is 0 Å². The Hall–Kier alpha value is -2.11. The lowest BCUT2D eigenvalue weighted by atomic mass is 10.2. The lowest BCUT2D eigenvalue weighted by molar-refractivity contribution is -0.120. The van der Waals surface area contributed by atoms with E-state index >= 15 is 0 Å². The fourth-order valence-electron chi connectivity index (χ4n) is 1.35. The van der Waals surface area contributed by atoms with E-state index < -0.39 is 5.91 Å². The number of hydrogen-bond acceptors (Lipinski definition) is 3. The average Bonchev–Trinajstić information content (AvgIpc) is 3.10. The Kier molecular flexibility index (Phi) is 3.22. The summed E-state index contributed by atoms with van der Waals surface area (Å²) in [6.45, 7) is -0.0673. The highest BCUT2D eigenvalue weighted by Gasteiger charge is 2.23. The van der Waals surface area contributed by atoms with E-state index in [1.54, 1.807) is 0 Å². The molecule has 0 atom stereocenters. The van der Waals surface area contributed by atoms with Gasteiger partial charge < -0.3 is 15.6 Å². The third-order valence-corrected chi connectivity index (χ3v) is 2.39. The summed E-state index contributed by atoms with van der Waals surface area (Å²) in [5.41, 5.74) is -0.104. The maximum Gasteiger partial charge on any atom is 0.251 e. The van der Waals surface area contributed by atoms with Crippen LogP contribution in [0.25, 0.3) is 0 Å². The zero-order valence-electron chi connectivity index (χ0n) is 9.16. The molecule has 0 radical (unpaired) electrons. The molecule has 1 aromatic rings. The van der Waals surface area contributed by atoms with Crippen molar-refractivity contribution in [3.63, 3.8) is 0 Å². The van der Waals surface area contributed by atoms with Crippen molar-refractivity contribution in [1.29, 1.82) is 0 Å². The van der Waals surface area contributed by atoms with Crippen molar-refractivity contribution < 1.29 is 9.59 Å². The Morgan fingerprint density at radius 1 is 1.41 bits per heavy atom. The molecule has 0 aliphatic heterocycles. The maximum absolute atomic E-state index is 11.6. The third-order valence-electron chi connectivity index (χ3n) is 2.39. The summed E-state index contributed by atoms with van der Waals surface area (Å²) >= 11 is 0. The second-order valence-electron chi connectivity index (χ2n) is 3.97. The Morgan fingerprint density at radius 2 is 2.18 bits per heavy atom. The Bertz CT molecular complexity index is 491. The minimum atomic E-state index is -0.429. The summed E-state index contributed by atoms with van der Waals surface area (Å²) in [6.07, 6.45) is 3.41. The summed E-state index contributed by atoms with van der Waals surface area (Å²) in [5.74, 6) is -0.632. The van der Waals surface area contributed by atoms with Crippen LogP contribution in [0, 0.1) is 0 Å². The van der Waals surface area contributed by atoms with Crippen LogP contribution in [-0.4, -0.2) is 29.4 Å². The average molecular weight is 235 g/mol. The van der Waals surface area contributed by atoms with Gasteiger partial charge in [0.2, 0.25) is 11.5 Å². The van der Waals surface area contributed by atoms with Crippen LogP contribution in [-0.2, 0) is 4.79 Å². The monoisotopic (exact) mass is 235 g/mol. The van der Waals surface area contributed by atoms with Gasteiger partial charge in [-0.05, 0) is 18.9 Å². The minimum absolute atomic E-state index is 0.0673. The highest BCUT2D eigenvalue weighted by Crippen LogP contribution is 2.18. The van der Waals surface area contributed by atoms with E-state index in [0.29, 0.717) is 0 Å². The predicted molar refractivity (Wildman–Crippen MR) is 60.6 cm³/mol. The number of pyridine rings is 1. The number of hydrogen-bond donors (Lipinski definition) is 3. The molecule has 3 N–H and O–H groups in total. The van der Waals surface area contributed by atoms with Gasteiger partial charge in [-0.25, -0.2) is 0 Å². The van der Waals surface area contributed by atoms with Gasteiger partial charge in [-0.3, -0.25) is 14.4 Å². The van der Waals surface area contributed by atoms with Crippen molar-refractivity contribution in [3.8, 4) is 0 Å². The molecule has 6 heteroatoms. The van der Waals surface area contributed by atoms with E-state index in [9.17, 15) is 14.4 Å². The van der Waals surface area contributed by atoms with Crippen LogP contribution >= 0.6 is 0 Å². The molecule has 1 aliphatic carbocycles. The molecule has 0 aromatic carbocycles. The lowest BCUT2D eigenvalue weighted by Gasteiger charge is -2.05. The molecule has 1 aliphatic rings. The van der Waals surface area contributed by atoms with Crippen LogP contribution in [0.2, 0.25) is 0 Å². The second-order valence-corrected chi connectivity index (χ2v) is 3.97. The summed E-state index contributed by atoms with van der Waals surface area (Å²) in [6, 6.07) is 2.95.